The van der Waals surface area contributed by atoms with Crippen molar-refractivity contribution in [1.29, 1.82) is 0 Å². The molecular formula is C20H35NO3Si. The predicted octanol–water partition coefficient (Wildman–Crippen LogP) is 6.59. The highest BCUT2D eigenvalue weighted by atomic mass is 28.4. The Balaban J connectivity index is 3.02. The van der Waals surface area contributed by atoms with Gasteiger partial charge in [0.1, 0.15) is 11.4 Å². The van der Waals surface area contributed by atoms with E-state index in [2.05, 4.69) is 46.9 Å². The first kappa shape index (κ1) is 21.5. The molecule has 25 heavy (non-hydrogen) atoms. The molecule has 0 atom stereocenters. The van der Waals surface area contributed by atoms with E-state index in [1.165, 1.54) is 0 Å². The summed E-state index contributed by atoms with van der Waals surface area (Å²) in [6.45, 7) is 19.1. The van der Waals surface area contributed by atoms with Gasteiger partial charge >= 0.3 is 6.09 Å². The number of benzene rings is 1. The molecule has 0 bridgehead atoms. The van der Waals surface area contributed by atoms with Crippen LogP contribution in [-0.2, 0) is 4.74 Å². The van der Waals surface area contributed by atoms with Gasteiger partial charge in [0.15, 0.2) is 0 Å². The van der Waals surface area contributed by atoms with E-state index < -0.39 is 20.0 Å². The van der Waals surface area contributed by atoms with Gasteiger partial charge in [-0.3, -0.25) is 5.32 Å². The van der Waals surface area contributed by atoms with Gasteiger partial charge in [-0.05, 0) is 49.5 Å². The zero-order valence-corrected chi connectivity index (χ0v) is 18.3. The van der Waals surface area contributed by atoms with Crippen LogP contribution in [0.2, 0.25) is 16.6 Å². The molecule has 1 amide bonds. The van der Waals surface area contributed by atoms with E-state index >= 15 is 0 Å². The third-order valence-corrected chi connectivity index (χ3v) is 10.5. The third-order valence-electron chi connectivity index (χ3n) is 4.48. The molecule has 0 aliphatic heterocycles. The maximum atomic E-state index is 12.0. The van der Waals surface area contributed by atoms with Crippen molar-refractivity contribution < 1.29 is 14.0 Å². The predicted molar refractivity (Wildman–Crippen MR) is 108 cm³/mol. The zero-order chi connectivity index (χ0) is 19.4. The van der Waals surface area contributed by atoms with Gasteiger partial charge in [0.25, 0.3) is 8.32 Å². The molecule has 0 unspecified atom stereocenters. The number of hydrogen-bond donors (Lipinski definition) is 1. The maximum Gasteiger partial charge on any atom is 0.412 e. The number of carbonyl (C=O) groups is 1. The number of anilines is 1. The smallest absolute Gasteiger partial charge is 0.412 e. The van der Waals surface area contributed by atoms with Crippen molar-refractivity contribution in [2.75, 3.05) is 5.32 Å². The van der Waals surface area contributed by atoms with Crippen molar-refractivity contribution in [1.82, 2.24) is 0 Å². The van der Waals surface area contributed by atoms with Crippen LogP contribution in [0.4, 0.5) is 10.5 Å². The summed E-state index contributed by atoms with van der Waals surface area (Å²) >= 11 is 0. The first-order chi connectivity index (χ1) is 11.4. The molecule has 0 saturated carbocycles. The second-order valence-corrected chi connectivity index (χ2v) is 13.9. The van der Waals surface area contributed by atoms with Crippen molar-refractivity contribution in [2.24, 2.45) is 0 Å². The normalized spacial score (nSPS) is 12.6. The molecule has 0 spiro atoms. The molecule has 0 fully saturated rings. The van der Waals surface area contributed by atoms with E-state index in [0.29, 0.717) is 22.3 Å². The van der Waals surface area contributed by atoms with Crippen LogP contribution in [0.1, 0.15) is 62.3 Å². The average molecular weight is 366 g/mol. The van der Waals surface area contributed by atoms with E-state index in [1.54, 1.807) is 0 Å². The average Bonchev–Trinajstić information content (AvgIpc) is 2.41. The minimum Gasteiger partial charge on any atom is -0.543 e. The molecule has 1 N–H and O–H groups in total. The molecule has 0 aliphatic carbocycles. The molecule has 4 nitrogen and oxygen atoms in total. The van der Waals surface area contributed by atoms with Gasteiger partial charge in [-0.25, -0.2) is 4.79 Å². The quantitative estimate of drug-likeness (QED) is 0.579. The van der Waals surface area contributed by atoms with E-state index in [4.69, 9.17) is 9.16 Å². The van der Waals surface area contributed by atoms with Gasteiger partial charge in [0, 0.05) is 11.8 Å². The largest absolute Gasteiger partial charge is 0.543 e. The van der Waals surface area contributed by atoms with Crippen molar-refractivity contribution in [3.63, 3.8) is 0 Å². The van der Waals surface area contributed by atoms with Gasteiger partial charge in [0.05, 0.1) is 0 Å². The standard InChI is InChI=1S/C20H35NO3Si/c1-14(2)25(15(3)4,16(5)6)24-18-12-10-11-17(13-18)21-19(22)23-20(7,8)9/h10-16H,1-9H3,(H,21,22). The minimum absolute atomic E-state index is 0.454. The van der Waals surface area contributed by atoms with Gasteiger partial charge in [-0.2, -0.15) is 0 Å². The van der Waals surface area contributed by atoms with Crippen LogP contribution >= 0.6 is 0 Å². The van der Waals surface area contributed by atoms with Crippen molar-refractivity contribution in [3.05, 3.63) is 24.3 Å². The SMILES string of the molecule is CC(C)[Si](Oc1cccc(NC(=O)OC(C)(C)C)c1)(C(C)C)C(C)C. The number of carbonyl (C=O) groups excluding carboxylic acids is 1. The summed E-state index contributed by atoms with van der Waals surface area (Å²) in [5, 5.41) is 2.79. The summed E-state index contributed by atoms with van der Waals surface area (Å²) in [5.74, 6) is 0.816. The maximum absolute atomic E-state index is 12.0. The number of nitrogens with one attached hydrogen (secondary N) is 1. The highest BCUT2D eigenvalue weighted by Crippen LogP contribution is 2.42. The molecule has 1 rings (SSSR count). The summed E-state index contributed by atoms with van der Waals surface area (Å²) in [5.41, 5.74) is 1.65. The van der Waals surface area contributed by atoms with Crippen LogP contribution in [0, 0.1) is 0 Å². The lowest BCUT2D eigenvalue weighted by Crippen LogP contribution is -2.50. The van der Waals surface area contributed by atoms with Crippen LogP contribution < -0.4 is 9.74 Å². The fourth-order valence-corrected chi connectivity index (χ4v) is 8.86. The molecule has 142 valence electrons. The second-order valence-electron chi connectivity index (χ2n) is 8.57. The number of hydrogen-bond acceptors (Lipinski definition) is 3. The lowest BCUT2D eigenvalue weighted by atomic mass is 10.2. The highest BCUT2D eigenvalue weighted by molar-refractivity contribution is 6.78. The minimum atomic E-state index is -2.01. The molecule has 1 aromatic rings. The molecule has 0 aliphatic rings. The fraction of sp³-hybridized carbons (Fsp3) is 0.650. The van der Waals surface area contributed by atoms with Gasteiger partial charge < -0.3 is 9.16 Å². The van der Waals surface area contributed by atoms with Gasteiger partial charge in [-0.1, -0.05) is 47.6 Å². The number of ether oxygens (including phenoxy) is 1. The Bertz CT molecular complexity index is 555. The Morgan fingerprint density at radius 1 is 1.00 bits per heavy atom. The lowest BCUT2D eigenvalue weighted by molar-refractivity contribution is 0.0636. The Morgan fingerprint density at radius 2 is 1.52 bits per heavy atom. The number of rotatable bonds is 6. The Morgan fingerprint density at radius 3 is 1.96 bits per heavy atom. The molecular weight excluding hydrogens is 330 g/mol. The van der Waals surface area contributed by atoms with E-state index in [-0.39, 0.29) is 0 Å². The third kappa shape index (κ3) is 5.77. The summed E-state index contributed by atoms with van der Waals surface area (Å²) < 4.78 is 12.0. The van der Waals surface area contributed by atoms with Crippen LogP contribution in [0.3, 0.4) is 0 Å². The Hall–Kier alpha value is -1.49. The summed E-state index contributed by atoms with van der Waals surface area (Å²) in [6.07, 6.45) is -0.454. The summed E-state index contributed by atoms with van der Waals surface area (Å²) in [4.78, 5) is 12.0. The monoisotopic (exact) mass is 365 g/mol. The van der Waals surface area contributed by atoms with Crippen LogP contribution in [0.5, 0.6) is 5.75 Å². The topological polar surface area (TPSA) is 47.6 Å². The molecule has 0 saturated heterocycles. The Labute approximate surface area is 154 Å². The fourth-order valence-electron chi connectivity index (χ4n) is 3.62. The summed E-state index contributed by atoms with van der Waals surface area (Å²) in [7, 11) is -2.01. The van der Waals surface area contributed by atoms with Crippen molar-refractivity contribution >= 4 is 20.1 Å². The molecule has 0 radical (unpaired) electrons. The van der Waals surface area contributed by atoms with Crippen molar-refractivity contribution in [2.45, 2.75) is 84.5 Å². The number of amides is 1. The molecule has 1 aromatic carbocycles. The van der Waals surface area contributed by atoms with Gasteiger partial charge in [0.2, 0.25) is 0 Å². The molecule has 0 heterocycles. The second kappa shape index (κ2) is 8.26. The first-order valence-electron chi connectivity index (χ1n) is 9.17. The van der Waals surface area contributed by atoms with E-state index in [1.807, 2.05) is 45.0 Å². The lowest BCUT2D eigenvalue weighted by Gasteiger charge is -2.42. The van der Waals surface area contributed by atoms with Crippen LogP contribution in [0.15, 0.2) is 24.3 Å². The Kier molecular flexibility index (Phi) is 7.12. The molecule has 5 heteroatoms. The highest BCUT2D eigenvalue weighted by Gasteiger charge is 2.47. The van der Waals surface area contributed by atoms with E-state index in [9.17, 15) is 4.79 Å². The summed E-state index contributed by atoms with van der Waals surface area (Å²) in [6, 6.07) is 7.61. The zero-order valence-electron chi connectivity index (χ0n) is 17.3. The van der Waals surface area contributed by atoms with Crippen LogP contribution in [0.25, 0.3) is 0 Å². The first-order valence-corrected chi connectivity index (χ1v) is 11.3. The van der Waals surface area contributed by atoms with Crippen molar-refractivity contribution in [3.8, 4) is 5.75 Å². The molecule has 0 aromatic heterocycles. The van der Waals surface area contributed by atoms with E-state index in [0.717, 1.165) is 5.75 Å². The van der Waals surface area contributed by atoms with Crippen LogP contribution in [-0.4, -0.2) is 20.0 Å². The van der Waals surface area contributed by atoms with Gasteiger partial charge in [-0.15, -0.1) is 0 Å².